The van der Waals surface area contributed by atoms with Crippen molar-refractivity contribution >= 4 is 5.91 Å². The third-order valence-electron chi connectivity index (χ3n) is 6.47. The largest absolute Gasteiger partial charge is 0.379 e. The van der Waals surface area contributed by atoms with Crippen molar-refractivity contribution in [2.75, 3.05) is 59.4 Å². The number of nitrogens with one attached hydrogen (secondary N) is 1. The van der Waals surface area contributed by atoms with Gasteiger partial charge < -0.3 is 24.3 Å². The molecule has 36 heavy (non-hydrogen) atoms. The van der Waals surface area contributed by atoms with Gasteiger partial charge in [0.15, 0.2) is 0 Å². The first kappa shape index (κ1) is 35.3. The highest BCUT2D eigenvalue weighted by Gasteiger charge is 2.10. The average Bonchev–Trinajstić information content (AvgIpc) is 2.88. The van der Waals surface area contributed by atoms with Crippen LogP contribution < -0.4 is 5.32 Å². The summed E-state index contributed by atoms with van der Waals surface area (Å²) in [4.78, 5) is 11.8. The lowest BCUT2D eigenvalue weighted by atomic mass is 10.0. The number of amides is 1. The summed E-state index contributed by atoms with van der Waals surface area (Å²) < 4.78 is 22.1. The van der Waals surface area contributed by atoms with Crippen molar-refractivity contribution in [3.63, 3.8) is 0 Å². The molecule has 0 bridgehead atoms. The van der Waals surface area contributed by atoms with Crippen LogP contribution >= 0.6 is 0 Å². The predicted octanol–water partition coefficient (Wildman–Crippen LogP) is 7.09. The summed E-state index contributed by atoms with van der Waals surface area (Å²) in [5.41, 5.74) is 0. The number of rotatable bonds is 30. The zero-order valence-corrected chi connectivity index (χ0v) is 24.3. The van der Waals surface area contributed by atoms with Gasteiger partial charge in [0.05, 0.1) is 46.2 Å². The van der Waals surface area contributed by atoms with Crippen LogP contribution in [-0.2, 0) is 23.7 Å². The van der Waals surface area contributed by atoms with Crippen LogP contribution in [0.1, 0.15) is 124 Å². The SMILES string of the molecule is CCCCCCCCCCCCCCCCOCCOCCOCCOCCNC(=O)C(C)CCC. The number of unbranched alkanes of at least 4 members (excludes halogenated alkanes) is 13. The van der Waals surface area contributed by atoms with Crippen molar-refractivity contribution in [2.45, 2.75) is 124 Å². The second-order valence-corrected chi connectivity index (χ2v) is 10.0. The minimum Gasteiger partial charge on any atom is -0.379 e. The van der Waals surface area contributed by atoms with E-state index in [1.807, 2.05) is 6.92 Å². The molecule has 0 aromatic rings. The van der Waals surface area contributed by atoms with Crippen LogP contribution in [0.15, 0.2) is 0 Å². The smallest absolute Gasteiger partial charge is 0.222 e. The quantitative estimate of drug-likeness (QED) is 0.103. The Hall–Kier alpha value is -0.690. The molecule has 6 heteroatoms. The van der Waals surface area contributed by atoms with Crippen LogP contribution in [0.4, 0.5) is 0 Å². The number of hydrogen-bond acceptors (Lipinski definition) is 5. The Kier molecular flexibility index (Phi) is 29.9. The van der Waals surface area contributed by atoms with Gasteiger partial charge in [0, 0.05) is 19.1 Å². The van der Waals surface area contributed by atoms with Gasteiger partial charge in [0.25, 0.3) is 0 Å². The van der Waals surface area contributed by atoms with Gasteiger partial charge in [-0.05, 0) is 12.8 Å². The molecule has 216 valence electrons. The molecule has 0 heterocycles. The maximum absolute atomic E-state index is 11.8. The van der Waals surface area contributed by atoms with Gasteiger partial charge in [-0.3, -0.25) is 4.79 Å². The van der Waals surface area contributed by atoms with E-state index >= 15 is 0 Å². The van der Waals surface area contributed by atoms with Gasteiger partial charge in [-0.25, -0.2) is 0 Å². The maximum atomic E-state index is 11.8. The van der Waals surface area contributed by atoms with Crippen LogP contribution in [0.3, 0.4) is 0 Å². The number of carbonyl (C=O) groups excluding carboxylic acids is 1. The molecule has 0 aliphatic carbocycles. The first-order valence-corrected chi connectivity index (χ1v) is 15.3. The van der Waals surface area contributed by atoms with E-state index in [1.54, 1.807) is 0 Å². The Bertz CT molecular complexity index is 436. The van der Waals surface area contributed by atoms with E-state index in [4.69, 9.17) is 18.9 Å². The molecule has 0 aliphatic heterocycles. The normalized spacial score (nSPS) is 12.2. The molecular formula is C30H61NO5. The molecule has 0 aromatic carbocycles. The third-order valence-corrected chi connectivity index (χ3v) is 6.47. The Morgan fingerprint density at radius 3 is 1.36 bits per heavy atom. The second-order valence-electron chi connectivity index (χ2n) is 10.0. The topological polar surface area (TPSA) is 66.0 Å². The number of carbonyl (C=O) groups is 1. The molecule has 1 unspecified atom stereocenters. The van der Waals surface area contributed by atoms with Crippen LogP contribution in [-0.4, -0.2) is 65.3 Å². The first-order chi connectivity index (χ1) is 17.7. The standard InChI is InChI=1S/C30H61NO5/c1-4-6-7-8-9-10-11-12-13-14-15-16-17-18-21-33-23-25-35-27-28-36-26-24-34-22-20-31-30(32)29(3)19-5-2/h29H,4-28H2,1-3H3,(H,31,32). The molecule has 0 radical (unpaired) electrons. The zero-order chi connectivity index (χ0) is 26.4. The number of hydrogen-bond donors (Lipinski definition) is 1. The molecule has 0 saturated carbocycles. The molecule has 0 rings (SSSR count). The highest BCUT2D eigenvalue weighted by Crippen LogP contribution is 2.13. The summed E-state index contributed by atoms with van der Waals surface area (Å²) in [6.07, 6.45) is 21.3. The Morgan fingerprint density at radius 2 is 0.917 bits per heavy atom. The van der Waals surface area contributed by atoms with Gasteiger partial charge in [-0.1, -0.05) is 111 Å². The fourth-order valence-corrected chi connectivity index (χ4v) is 4.15. The van der Waals surface area contributed by atoms with E-state index in [1.165, 1.54) is 83.5 Å². The predicted molar refractivity (Wildman–Crippen MR) is 151 cm³/mol. The van der Waals surface area contributed by atoms with Gasteiger partial charge in [0.1, 0.15) is 0 Å². The third kappa shape index (κ3) is 27.9. The van der Waals surface area contributed by atoms with Crippen LogP contribution in [0, 0.1) is 5.92 Å². The van der Waals surface area contributed by atoms with Crippen molar-refractivity contribution < 1.29 is 23.7 Å². The Labute approximate surface area is 223 Å². The lowest BCUT2D eigenvalue weighted by Crippen LogP contribution is -2.32. The second kappa shape index (κ2) is 30.5. The first-order valence-electron chi connectivity index (χ1n) is 15.3. The fourth-order valence-electron chi connectivity index (χ4n) is 4.15. The monoisotopic (exact) mass is 515 g/mol. The highest BCUT2D eigenvalue weighted by molar-refractivity contribution is 5.78. The molecular weight excluding hydrogens is 454 g/mol. The van der Waals surface area contributed by atoms with Gasteiger partial charge in [0.2, 0.25) is 5.91 Å². The van der Waals surface area contributed by atoms with Crippen LogP contribution in [0.2, 0.25) is 0 Å². The van der Waals surface area contributed by atoms with Gasteiger partial charge in [-0.2, -0.15) is 0 Å². The van der Waals surface area contributed by atoms with E-state index in [2.05, 4.69) is 19.2 Å². The van der Waals surface area contributed by atoms with E-state index in [-0.39, 0.29) is 11.8 Å². The molecule has 1 N–H and O–H groups in total. The summed E-state index contributed by atoms with van der Waals surface area (Å²) >= 11 is 0. The average molecular weight is 516 g/mol. The maximum Gasteiger partial charge on any atom is 0.222 e. The van der Waals surface area contributed by atoms with E-state index in [9.17, 15) is 4.79 Å². The summed E-state index contributed by atoms with van der Waals surface area (Å²) in [6.45, 7) is 11.7. The van der Waals surface area contributed by atoms with Crippen LogP contribution in [0.5, 0.6) is 0 Å². The molecule has 1 atom stereocenters. The molecule has 6 nitrogen and oxygen atoms in total. The minimum absolute atomic E-state index is 0.0767. The fraction of sp³-hybridized carbons (Fsp3) is 0.967. The lowest BCUT2D eigenvalue weighted by molar-refractivity contribution is -0.124. The molecule has 0 spiro atoms. The van der Waals surface area contributed by atoms with Crippen molar-refractivity contribution in [1.29, 1.82) is 0 Å². The molecule has 0 saturated heterocycles. The van der Waals surface area contributed by atoms with Crippen molar-refractivity contribution in [2.24, 2.45) is 5.92 Å². The minimum atomic E-state index is 0.0767. The highest BCUT2D eigenvalue weighted by atomic mass is 16.6. The van der Waals surface area contributed by atoms with Crippen molar-refractivity contribution in [3.8, 4) is 0 Å². The molecule has 0 aromatic heterocycles. The van der Waals surface area contributed by atoms with E-state index in [0.29, 0.717) is 52.8 Å². The van der Waals surface area contributed by atoms with E-state index < -0.39 is 0 Å². The summed E-state index contributed by atoms with van der Waals surface area (Å²) in [5.74, 6) is 0.185. The zero-order valence-electron chi connectivity index (χ0n) is 24.3. The summed E-state index contributed by atoms with van der Waals surface area (Å²) in [7, 11) is 0. The lowest BCUT2D eigenvalue weighted by Gasteiger charge is -2.11. The van der Waals surface area contributed by atoms with Crippen molar-refractivity contribution in [1.82, 2.24) is 5.32 Å². The summed E-state index contributed by atoms with van der Waals surface area (Å²) in [6, 6.07) is 0. The molecule has 0 fully saturated rings. The van der Waals surface area contributed by atoms with Crippen molar-refractivity contribution in [3.05, 3.63) is 0 Å². The number of ether oxygens (including phenoxy) is 4. The van der Waals surface area contributed by atoms with Gasteiger partial charge in [-0.15, -0.1) is 0 Å². The Balaban J connectivity index is 3.09. The van der Waals surface area contributed by atoms with Gasteiger partial charge >= 0.3 is 0 Å². The summed E-state index contributed by atoms with van der Waals surface area (Å²) in [5, 5.41) is 2.90. The Morgan fingerprint density at radius 1 is 0.528 bits per heavy atom. The molecule has 1 amide bonds. The molecule has 0 aliphatic rings. The van der Waals surface area contributed by atoms with Crippen LogP contribution in [0.25, 0.3) is 0 Å². The van der Waals surface area contributed by atoms with E-state index in [0.717, 1.165) is 25.9 Å².